The Morgan fingerprint density at radius 1 is 1.23 bits per heavy atom. The number of hydrogen-bond acceptors (Lipinski definition) is 6. The number of amides is 1. The largest absolute Gasteiger partial charge is 0.467 e. The first-order valence-electron chi connectivity index (χ1n) is 9.22. The third-order valence-corrected chi connectivity index (χ3v) is 5.96. The normalized spacial score (nSPS) is 12.1. The van der Waals surface area contributed by atoms with Crippen molar-refractivity contribution in [2.75, 3.05) is 5.32 Å². The summed E-state index contributed by atoms with van der Waals surface area (Å²) in [6, 6.07) is 11.7. The van der Waals surface area contributed by atoms with Crippen molar-refractivity contribution in [2.45, 2.75) is 23.9 Å². The number of pyridine rings is 1. The topological polar surface area (TPSA) is 90.0 Å². The monoisotopic (exact) mass is 474 g/mol. The second-order valence-corrected chi connectivity index (χ2v) is 8.82. The van der Waals surface area contributed by atoms with Crippen LogP contribution in [0.4, 0.5) is 5.82 Å². The zero-order chi connectivity index (χ0) is 22.0. The SMILES string of the molecule is C[C@@H](Sc1nc2cc(Cl)ccc2c(=O)n1Cc1ccco1)C(=O)Nc1ccc(Cl)cn1. The van der Waals surface area contributed by atoms with Crippen LogP contribution in [0.1, 0.15) is 12.7 Å². The first-order chi connectivity index (χ1) is 14.9. The second kappa shape index (κ2) is 9.13. The Kier molecular flexibility index (Phi) is 6.31. The van der Waals surface area contributed by atoms with Crippen molar-refractivity contribution in [2.24, 2.45) is 0 Å². The molecule has 31 heavy (non-hydrogen) atoms. The maximum absolute atomic E-state index is 13.2. The summed E-state index contributed by atoms with van der Waals surface area (Å²) in [4.78, 5) is 34.5. The lowest BCUT2D eigenvalue weighted by atomic mass is 10.2. The fourth-order valence-electron chi connectivity index (χ4n) is 2.85. The van der Waals surface area contributed by atoms with E-state index < -0.39 is 5.25 Å². The summed E-state index contributed by atoms with van der Waals surface area (Å²) >= 11 is 13.1. The molecule has 0 aliphatic heterocycles. The van der Waals surface area contributed by atoms with Gasteiger partial charge in [-0.3, -0.25) is 14.2 Å². The van der Waals surface area contributed by atoms with E-state index in [1.807, 2.05) is 0 Å². The van der Waals surface area contributed by atoms with E-state index in [4.69, 9.17) is 27.6 Å². The number of thioether (sulfide) groups is 1. The zero-order valence-electron chi connectivity index (χ0n) is 16.2. The molecule has 0 spiro atoms. The van der Waals surface area contributed by atoms with Gasteiger partial charge in [0.2, 0.25) is 5.91 Å². The van der Waals surface area contributed by atoms with E-state index >= 15 is 0 Å². The predicted octanol–water partition coefficient (Wildman–Crippen LogP) is 4.86. The lowest BCUT2D eigenvalue weighted by molar-refractivity contribution is -0.115. The van der Waals surface area contributed by atoms with Crippen LogP contribution in [0.15, 0.2) is 69.3 Å². The molecule has 0 unspecified atom stereocenters. The Bertz CT molecular complexity index is 1290. The quantitative estimate of drug-likeness (QED) is 0.317. The van der Waals surface area contributed by atoms with Crippen LogP contribution in [0.3, 0.4) is 0 Å². The molecule has 1 atom stereocenters. The molecule has 0 aliphatic rings. The van der Waals surface area contributed by atoms with Gasteiger partial charge in [0.1, 0.15) is 11.6 Å². The summed E-state index contributed by atoms with van der Waals surface area (Å²) in [5, 5.41) is 3.92. The van der Waals surface area contributed by atoms with Gasteiger partial charge in [-0.2, -0.15) is 0 Å². The van der Waals surface area contributed by atoms with Gasteiger partial charge in [0.15, 0.2) is 5.16 Å². The van der Waals surface area contributed by atoms with E-state index in [-0.39, 0.29) is 18.0 Å². The highest BCUT2D eigenvalue weighted by Crippen LogP contribution is 2.25. The summed E-state index contributed by atoms with van der Waals surface area (Å²) < 4.78 is 6.89. The van der Waals surface area contributed by atoms with E-state index in [0.717, 1.165) is 11.8 Å². The van der Waals surface area contributed by atoms with E-state index in [1.54, 1.807) is 49.4 Å². The number of fused-ring (bicyclic) bond motifs is 1. The molecule has 4 aromatic rings. The van der Waals surface area contributed by atoms with Crippen molar-refractivity contribution < 1.29 is 9.21 Å². The van der Waals surface area contributed by atoms with Gasteiger partial charge >= 0.3 is 0 Å². The number of furan rings is 1. The standard InChI is InChI=1S/C21H16Cl2N4O3S/c1-12(19(28)26-18-7-5-14(23)10-24-18)31-21-25-17-9-13(22)4-6-16(17)20(29)27(21)11-15-3-2-8-30-15/h2-10,12H,11H2,1H3,(H,24,26,28)/t12-/m1/s1. The molecule has 7 nitrogen and oxygen atoms in total. The molecular weight excluding hydrogens is 459 g/mol. The van der Waals surface area contributed by atoms with Gasteiger partial charge in [-0.05, 0) is 49.4 Å². The number of nitrogens with zero attached hydrogens (tertiary/aromatic N) is 3. The van der Waals surface area contributed by atoms with Gasteiger partial charge in [-0.25, -0.2) is 9.97 Å². The molecule has 0 bridgehead atoms. The molecule has 158 valence electrons. The Labute approximate surface area is 191 Å². The minimum atomic E-state index is -0.566. The number of nitrogens with one attached hydrogen (secondary N) is 1. The van der Waals surface area contributed by atoms with Crippen molar-refractivity contribution in [1.82, 2.24) is 14.5 Å². The van der Waals surface area contributed by atoms with Crippen LogP contribution < -0.4 is 10.9 Å². The third kappa shape index (κ3) is 4.92. The van der Waals surface area contributed by atoms with Gasteiger partial charge in [0.25, 0.3) is 5.56 Å². The van der Waals surface area contributed by atoms with Crippen LogP contribution in [0.5, 0.6) is 0 Å². The number of carbonyl (C=O) groups excluding carboxylic acids is 1. The molecule has 1 N–H and O–H groups in total. The van der Waals surface area contributed by atoms with Gasteiger partial charge in [-0.15, -0.1) is 0 Å². The maximum atomic E-state index is 13.2. The maximum Gasteiger partial charge on any atom is 0.262 e. The van der Waals surface area contributed by atoms with E-state index in [2.05, 4.69) is 15.3 Å². The molecule has 4 rings (SSSR count). The van der Waals surface area contributed by atoms with Crippen LogP contribution in [-0.2, 0) is 11.3 Å². The number of hydrogen-bond donors (Lipinski definition) is 1. The number of rotatable bonds is 6. The summed E-state index contributed by atoms with van der Waals surface area (Å²) in [5.41, 5.74) is 0.218. The highest BCUT2D eigenvalue weighted by Gasteiger charge is 2.20. The van der Waals surface area contributed by atoms with E-state index in [1.165, 1.54) is 17.0 Å². The van der Waals surface area contributed by atoms with Crippen LogP contribution >= 0.6 is 35.0 Å². The fraction of sp³-hybridized carbons (Fsp3) is 0.143. The summed E-state index contributed by atoms with van der Waals surface area (Å²) in [5.74, 6) is 0.694. The van der Waals surface area contributed by atoms with Crippen LogP contribution in [0, 0.1) is 0 Å². The van der Waals surface area contributed by atoms with Gasteiger partial charge in [-0.1, -0.05) is 35.0 Å². The number of aromatic nitrogens is 3. The minimum absolute atomic E-state index is 0.187. The predicted molar refractivity (Wildman–Crippen MR) is 122 cm³/mol. The Balaban J connectivity index is 1.66. The van der Waals surface area contributed by atoms with Crippen LogP contribution in [0.2, 0.25) is 10.0 Å². The van der Waals surface area contributed by atoms with Crippen molar-refractivity contribution in [3.63, 3.8) is 0 Å². The second-order valence-electron chi connectivity index (χ2n) is 6.64. The molecule has 10 heteroatoms. The molecule has 0 radical (unpaired) electrons. The van der Waals surface area contributed by atoms with Gasteiger partial charge in [0, 0.05) is 11.2 Å². The first-order valence-corrected chi connectivity index (χ1v) is 10.9. The molecule has 0 saturated heterocycles. The average molecular weight is 475 g/mol. The van der Waals surface area contributed by atoms with Crippen LogP contribution in [-0.4, -0.2) is 25.7 Å². The first kappa shape index (κ1) is 21.4. The summed E-state index contributed by atoms with van der Waals surface area (Å²) in [7, 11) is 0. The van der Waals surface area contributed by atoms with Crippen molar-refractivity contribution in [1.29, 1.82) is 0 Å². The third-order valence-electron chi connectivity index (χ3n) is 4.41. The molecule has 3 aromatic heterocycles. The molecule has 1 amide bonds. The molecule has 0 saturated carbocycles. The average Bonchev–Trinajstić information content (AvgIpc) is 3.25. The number of halogens is 2. The Hall–Kier alpha value is -2.81. The van der Waals surface area contributed by atoms with Crippen LogP contribution in [0.25, 0.3) is 10.9 Å². The smallest absolute Gasteiger partial charge is 0.262 e. The highest BCUT2D eigenvalue weighted by atomic mass is 35.5. The van der Waals surface area contributed by atoms with E-state index in [0.29, 0.717) is 37.7 Å². The van der Waals surface area contributed by atoms with Gasteiger partial charge < -0.3 is 9.73 Å². The Morgan fingerprint density at radius 2 is 2.03 bits per heavy atom. The lowest BCUT2D eigenvalue weighted by Crippen LogP contribution is -2.27. The number of anilines is 1. The lowest BCUT2D eigenvalue weighted by Gasteiger charge is -2.16. The molecule has 1 aromatic carbocycles. The van der Waals surface area contributed by atoms with Crippen molar-refractivity contribution in [3.8, 4) is 0 Å². The molecule has 0 fully saturated rings. The molecule has 3 heterocycles. The van der Waals surface area contributed by atoms with Gasteiger partial charge in [0.05, 0.1) is 34.0 Å². The summed E-state index contributed by atoms with van der Waals surface area (Å²) in [6.07, 6.45) is 2.99. The summed E-state index contributed by atoms with van der Waals surface area (Å²) in [6.45, 7) is 1.91. The van der Waals surface area contributed by atoms with Crippen molar-refractivity contribution in [3.05, 3.63) is 81.1 Å². The van der Waals surface area contributed by atoms with E-state index in [9.17, 15) is 9.59 Å². The number of benzene rings is 1. The number of carbonyl (C=O) groups is 1. The van der Waals surface area contributed by atoms with Crippen molar-refractivity contribution >= 4 is 57.6 Å². The highest BCUT2D eigenvalue weighted by molar-refractivity contribution is 8.00. The fourth-order valence-corrected chi connectivity index (χ4v) is 4.04. The molecule has 0 aliphatic carbocycles. The zero-order valence-corrected chi connectivity index (χ0v) is 18.5. The Morgan fingerprint density at radius 3 is 2.74 bits per heavy atom. The molecular formula is C21H16Cl2N4O3S. The minimum Gasteiger partial charge on any atom is -0.467 e.